The normalized spacial score (nSPS) is 17.3. The summed E-state index contributed by atoms with van der Waals surface area (Å²) in [7, 11) is 0. The Labute approximate surface area is 193 Å². The SMILES string of the molecule is Cc1cc(N2CCCCC2)ccc1/C=N\NC(=O)COc1ccc(C2SCCS2)cc1. The number of thioether (sulfide) groups is 2. The van der Waals surface area contributed by atoms with Crippen molar-refractivity contribution in [1.29, 1.82) is 0 Å². The van der Waals surface area contributed by atoms with Crippen LogP contribution in [-0.2, 0) is 4.79 Å². The van der Waals surface area contributed by atoms with Crippen molar-refractivity contribution in [3.63, 3.8) is 0 Å². The Bertz CT molecular complexity index is 906. The molecule has 2 aliphatic heterocycles. The van der Waals surface area contributed by atoms with E-state index in [4.69, 9.17) is 4.74 Å². The Morgan fingerprint density at radius 3 is 2.58 bits per heavy atom. The highest BCUT2D eigenvalue weighted by Gasteiger charge is 2.18. The molecule has 2 saturated heterocycles. The molecule has 0 radical (unpaired) electrons. The summed E-state index contributed by atoms with van der Waals surface area (Å²) < 4.78 is 6.11. The number of ether oxygens (including phenoxy) is 1. The first-order valence-corrected chi connectivity index (χ1v) is 12.9. The Hall–Kier alpha value is -2.12. The van der Waals surface area contributed by atoms with Crippen LogP contribution in [0, 0.1) is 6.92 Å². The number of nitrogens with zero attached hydrogens (tertiary/aromatic N) is 2. The number of nitrogens with one attached hydrogen (secondary N) is 1. The highest BCUT2D eigenvalue weighted by Crippen LogP contribution is 2.45. The van der Waals surface area contributed by atoms with Crippen LogP contribution in [0.25, 0.3) is 0 Å². The zero-order valence-corrected chi connectivity index (χ0v) is 19.5. The fourth-order valence-electron chi connectivity index (χ4n) is 3.78. The van der Waals surface area contributed by atoms with Crippen molar-refractivity contribution in [3.8, 4) is 5.75 Å². The van der Waals surface area contributed by atoms with E-state index in [9.17, 15) is 4.79 Å². The van der Waals surface area contributed by atoms with Crippen LogP contribution < -0.4 is 15.1 Å². The Morgan fingerprint density at radius 2 is 1.87 bits per heavy atom. The predicted molar refractivity (Wildman–Crippen MR) is 133 cm³/mol. The summed E-state index contributed by atoms with van der Waals surface area (Å²) in [5.41, 5.74) is 7.27. The number of rotatable bonds is 7. The number of hydrazone groups is 1. The van der Waals surface area contributed by atoms with Crippen LogP contribution in [0.3, 0.4) is 0 Å². The fourth-order valence-corrected chi connectivity index (χ4v) is 6.64. The summed E-state index contributed by atoms with van der Waals surface area (Å²) in [5.74, 6) is 2.83. The number of anilines is 1. The van der Waals surface area contributed by atoms with Crippen molar-refractivity contribution in [2.45, 2.75) is 30.8 Å². The topological polar surface area (TPSA) is 53.9 Å². The number of aryl methyl sites for hydroxylation is 1. The zero-order valence-electron chi connectivity index (χ0n) is 17.9. The zero-order chi connectivity index (χ0) is 21.5. The molecule has 0 unspecified atom stereocenters. The van der Waals surface area contributed by atoms with Crippen molar-refractivity contribution in [3.05, 3.63) is 59.2 Å². The molecule has 4 rings (SSSR count). The number of piperidine rings is 1. The van der Waals surface area contributed by atoms with Crippen molar-refractivity contribution in [1.82, 2.24) is 5.43 Å². The minimum absolute atomic E-state index is 0.0590. The number of benzene rings is 2. The Kier molecular flexibility index (Phi) is 7.81. The van der Waals surface area contributed by atoms with Gasteiger partial charge in [0.15, 0.2) is 6.61 Å². The summed E-state index contributed by atoms with van der Waals surface area (Å²) in [6.45, 7) is 4.27. The van der Waals surface area contributed by atoms with Crippen molar-refractivity contribution in [2.24, 2.45) is 5.10 Å². The minimum Gasteiger partial charge on any atom is -0.484 e. The first-order chi connectivity index (χ1) is 15.2. The van der Waals surface area contributed by atoms with Crippen LogP contribution in [0.5, 0.6) is 5.75 Å². The average molecular weight is 456 g/mol. The molecule has 2 aromatic rings. The quantitative estimate of drug-likeness (QED) is 0.471. The molecule has 0 aliphatic carbocycles. The van der Waals surface area contributed by atoms with E-state index in [1.54, 1.807) is 6.21 Å². The van der Waals surface area contributed by atoms with Gasteiger partial charge in [-0.2, -0.15) is 5.10 Å². The highest BCUT2D eigenvalue weighted by atomic mass is 32.2. The molecule has 164 valence electrons. The summed E-state index contributed by atoms with van der Waals surface area (Å²) >= 11 is 3.95. The maximum atomic E-state index is 12.1. The molecule has 0 atom stereocenters. The van der Waals surface area contributed by atoms with E-state index >= 15 is 0 Å². The minimum atomic E-state index is -0.273. The second-order valence-corrected chi connectivity index (χ2v) is 10.5. The molecule has 2 heterocycles. The number of carbonyl (C=O) groups is 1. The molecule has 1 N–H and O–H groups in total. The molecule has 0 spiro atoms. The van der Waals surface area contributed by atoms with Crippen molar-refractivity contribution < 1.29 is 9.53 Å². The van der Waals surface area contributed by atoms with Gasteiger partial charge in [0.05, 0.1) is 10.8 Å². The van der Waals surface area contributed by atoms with E-state index in [1.807, 2.05) is 35.7 Å². The lowest BCUT2D eigenvalue weighted by Gasteiger charge is -2.29. The second-order valence-electron chi connectivity index (χ2n) is 7.81. The molecule has 2 aliphatic rings. The monoisotopic (exact) mass is 455 g/mol. The van der Waals surface area contributed by atoms with Crippen LogP contribution in [-0.4, -0.2) is 43.3 Å². The van der Waals surface area contributed by atoms with Gasteiger partial charge in [0.25, 0.3) is 5.91 Å². The third-order valence-electron chi connectivity index (χ3n) is 5.51. The standard InChI is InChI=1S/C24H29N3O2S2/c1-18-15-21(27-11-3-2-4-12-27)8-5-20(18)16-25-26-23(28)17-29-22-9-6-19(7-10-22)24-30-13-14-31-24/h5-10,15-16,24H,2-4,11-14,17H2,1H3,(H,26,28)/b25-16-. The number of amides is 1. The number of hydrogen-bond acceptors (Lipinski definition) is 6. The van der Waals surface area contributed by atoms with Gasteiger partial charge in [-0.1, -0.05) is 18.2 Å². The maximum Gasteiger partial charge on any atom is 0.277 e. The van der Waals surface area contributed by atoms with Gasteiger partial charge in [0.1, 0.15) is 5.75 Å². The molecule has 31 heavy (non-hydrogen) atoms. The summed E-state index contributed by atoms with van der Waals surface area (Å²) in [6.07, 6.45) is 5.55. The summed E-state index contributed by atoms with van der Waals surface area (Å²) in [4.78, 5) is 14.5. The third-order valence-corrected chi connectivity index (χ3v) is 8.62. The van der Waals surface area contributed by atoms with Gasteiger partial charge >= 0.3 is 0 Å². The summed E-state index contributed by atoms with van der Waals surface area (Å²) in [6, 6.07) is 14.4. The maximum absolute atomic E-state index is 12.1. The van der Waals surface area contributed by atoms with Crippen LogP contribution in [0.15, 0.2) is 47.6 Å². The van der Waals surface area contributed by atoms with E-state index in [2.05, 4.69) is 52.7 Å². The average Bonchev–Trinajstić information content (AvgIpc) is 3.35. The molecule has 0 bridgehead atoms. The van der Waals surface area contributed by atoms with Crippen LogP contribution in [0.2, 0.25) is 0 Å². The predicted octanol–water partition coefficient (Wildman–Crippen LogP) is 4.99. The Balaban J connectivity index is 1.23. The van der Waals surface area contributed by atoms with E-state index < -0.39 is 0 Å². The first-order valence-electron chi connectivity index (χ1n) is 10.8. The summed E-state index contributed by atoms with van der Waals surface area (Å²) in [5, 5.41) is 4.10. The largest absolute Gasteiger partial charge is 0.484 e. The van der Waals surface area contributed by atoms with E-state index in [1.165, 1.54) is 42.0 Å². The molecule has 1 amide bonds. The lowest BCUT2D eigenvalue weighted by atomic mass is 10.1. The van der Waals surface area contributed by atoms with Crippen molar-refractivity contribution >= 4 is 41.3 Å². The van der Waals surface area contributed by atoms with Crippen molar-refractivity contribution in [2.75, 3.05) is 36.1 Å². The Morgan fingerprint density at radius 1 is 1.13 bits per heavy atom. The first kappa shape index (κ1) is 22.1. The van der Waals surface area contributed by atoms with Gasteiger partial charge in [-0.25, -0.2) is 5.43 Å². The molecule has 2 fully saturated rings. The second kappa shape index (κ2) is 11.0. The van der Waals surface area contributed by atoms with Crippen LogP contribution in [0.4, 0.5) is 5.69 Å². The third kappa shape index (κ3) is 6.20. The molecule has 0 aromatic heterocycles. The van der Waals surface area contributed by atoms with Gasteiger partial charge in [0, 0.05) is 30.3 Å². The molecule has 5 nitrogen and oxygen atoms in total. The molecule has 2 aromatic carbocycles. The molecular weight excluding hydrogens is 426 g/mol. The smallest absolute Gasteiger partial charge is 0.277 e. The van der Waals surface area contributed by atoms with Crippen LogP contribution >= 0.6 is 23.5 Å². The van der Waals surface area contributed by atoms with Gasteiger partial charge in [0.2, 0.25) is 0 Å². The van der Waals surface area contributed by atoms with Gasteiger partial charge in [-0.15, -0.1) is 23.5 Å². The van der Waals surface area contributed by atoms with Gasteiger partial charge in [-0.05, 0) is 67.1 Å². The molecular formula is C24H29N3O2S2. The van der Waals surface area contributed by atoms with E-state index in [0.29, 0.717) is 10.3 Å². The molecule has 0 saturated carbocycles. The molecule has 7 heteroatoms. The van der Waals surface area contributed by atoms with E-state index in [0.717, 1.165) is 24.2 Å². The van der Waals surface area contributed by atoms with Gasteiger partial charge < -0.3 is 9.64 Å². The fraction of sp³-hybridized carbons (Fsp3) is 0.417. The lowest BCUT2D eigenvalue weighted by molar-refractivity contribution is -0.123. The van der Waals surface area contributed by atoms with E-state index in [-0.39, 0.29) is 12.5 Å². The number of carbonyl (C=O) groups excluding carboxylic acids is 1. The van der Waals surface area contributed by atoms with Crippen LogP contribution in [0.1, 0.15) is 40.5 Å². The lowest BCUT2D eigenvalue weighted by Crippen LogP contribution is -2.29. The number of hydrogen-bond donors (Lipinski definition) is 1. The van der Waals surface area contributed by atoms with Gasteiger partial charge in [-0.3, -0.25) is 4.79 Å². The highest BCUT2D eigenvalue weighted by molar-refractivity contribution is 8.19.